The van der Waals surface area contributed by atoms with Gasteiger partial charge in [-0.1, -0.05) is 12.1 Å². The fourth-order valence-corrected chi connectivity index (χ4v) is 3.38. The Bertz CT molecular complexity index is 1330. The molecule has 0 aliphatic carbocycles. The number of furan rings is 1. The number of halogens is 3. The monoisotopic (exact) mass is 472 g/mol. The van der Waals surface area contributed by atoms with Gasteiger partial charge < -0.3 is 19.0 Å². The minimum atomic E-state index is -4.54. The highest BCUT2D eigenvalue weighted by atomic mass is 19.4. The van der Waals surface area contributed by atoms with Crippen LogP contribution in [0, 0.1) is 0 Å². The highest BCUT2D eigenvalue weighted by molar-refractivity contribution is 6.00. The van der Waals surface area contributed by atoms with Crippen LogP contribution in [0.3, 0.4) is 0 Å². The first-order valence-corrected chi connectivity index (χ1v) is 10.1. The maximum Gasteiger partial charge on any atom is 0.416 e. The number of nitrogens with zero attached hydrogens (tertiary/aromatic N) is 2. The topological polar surface area (TPSA) is 98.4 Å². The first-order valence-electron chi connectivity index (χ1n) is 10.1. The van der Waals surface area contributed by atoms with Gasteiger partial charge in [-0.15, -0.1) is 0 Å². The number of methoxy groups -OCH3 is 1. The molecular weight excluding hydrogens is 453 g/mol. The quantitative estimate of drug-likeness (QED) is 0.423. The van der Waals surface area contributed by atoms with Crippen molar-refractivity contribution in [3.8, 4) is 5.75 Å². The van der Waals surface area contributed by atoms with Crippen LogP contribution >= 0.6 is 0 Å². The summed E-state index contributed by atoms with van der Waals surface area (Å²) in [5, 5.41) is 5.04. The minimum Gasteiger partial charge on any atom is -0.496 e. The van der Waals surface area contributed by atoms with Crippen molar-refractivity contribution in [2.75, 3.05) is 19.0 Å². The standard InChI is InChI=1S/C23H19F3N4O4/c1-33-19-7-3-2-6-16(19)21(32)27-12-20(31)29-22-28-17-11-14(23(24,25)26)8-9-18(17)30(22)13-15-5-4-10-34-15/h2-11H,12-13H2,1H3,(H,27,32)(H,28,29,31). The molecule has 0 radical (unpaired) electrons. The number of amides is 2. The van der Waals surface area contributed by atoms with Crippen molar-refractivity contribution < 1.29 is 31.9 Å². The van der Waals surface area contributed by atoms with Gasteiger partial charge in [-0.2, -0.15) is 13.2 Å². The van der Waals surface area contributed by atoms with Crippen LogP contribution in [-0.2, 0) is 17.5 Å². The molecule has 0 spiro atoms. The molecule has 2 amide bonds. The first kappa shape index (κ1) is 22.9. The number of nitrogens with one attached hydrogen (secondary N) is 2. The molecule has 0 aliphatic heterocycles. The zero-order valence-corrected chi connectivity index (χ0v) is 17.8. The molecule has 0 saturated carbocycles. The van der Waals surface area contributed by atoms with Crippen LogP contribution in [0.5, 0.6) is 5.75 Å². The second-order valence-corrected chi connectivity index (χ2v) is 7.23. The number of alkyl halides is 3. The van der Waals surface area contributed by atoms with E-state index < -0.39 is 30.1 Å². The molecule has 8 nitrogen and oxygen atoms in total. The summed E-state index contributed by atoms with van der Waals surface area (Å²) in [7, 11) is 1.42. The van der Waals surface area contributed by atoms with Crippen LogP contribution in [0.1, 0.15) is 21.7 Å². The van der Waals surface area contributed by atoms with E-state index >= 15 is 0 Å². The van der Waals surface area contributed by atoms with Gasteiger partial charge in [0.2, 0.25) is 11.9 Å². The lowest BCUT2D eigenvalue weighted by molar-refractivity contribution is -0.137. The van der Waals surface area contributed by atoms with Crippen molar-refractivity contribution in [2.45, 2.75) is 12.7 Å². The van der Waals surface area contributed by atoms with E-state index in [1.54, 1.807) is 36.4 Å². The molecule has 2 aromatic carbocycles. The summed E-state index contributed by atoms with van der Waals surface area (Å²) in [6.45, 7) is -0.271. The highest BCUT2D eigenvalue weighted by Gasteiger charge is 2.31. The van der Waals surface area contributed by atoms with Crippen LogP contribution < -0.4 is 15.4 Å². The third-order valence-electron chi connectivity index (χ3n) is 4.98. The fourth-order valence-electron chi connectivity index (χ4n) is 3.38. The van der Waals surface area contributed by atoms with E-state index in [1.165, 1.54) is 24.0 Å². The van der Waals surface area contributed by atoms with Gasteiger partial charge in [0.1, 0.15) is 11.5 Å². The zero-order chi connectivity index (χ0) is 24.3. The summed E-state index contributed by atoms with van der Waals surface area (Å²) in [6, 6.07) is 13.0. The number of ether oxygens (including phenoxy) is 1. The van der Waals surface area contributed by atoms with Crippen molar-refractivity contribution in [3.63, 3.8) is 0 Å². The number of rotatable bonds is 7. The second-order valence-electron chi connectivity index (χ2n) is 7.23. The van der Waals surface area contributed by atoms with E-state index in [0.29, 0.717) is 17.0 Å². The summed E-state index contributed by atoms with van der Waals surface area (Å²) in [6.07, 6.45) is -3.08. The summed E-state index contributed by atoms with van der Waals surface area (Å²) in [4.78, 5) is 29.1. The van der Waals surface area contributed by atoms with E-state index in [2.05, 4.69) is 15.6 Å². The molecule has 0 unspecified atom stereocenters. The average molecular weight is 472 g/mol. The smallest absolute Gasteiger partial charge is 0.416 e. The fraction of sp³-hybridized carbons (Fsp3) is 0.174. The Morgan fingerprint density at radius 2 is 1.91 bits per heavy atom. The molecule has 4 rings (SSSR count). The third-order valence-corrected chi connectivity index (χ3v) is 4.98. The number of fused-ring (bicyclic) bond motifs is 1. The Hall–Kier alpha value is -4.28. The summed E-state index contributed by atoms with van der Waals surface area (Å²) >= 11 is 0. The molecule has 176 valence electrons. The molecule has 0 saturated heterocycles. The van der Waals surface area contributed by atoms with E-state index in [4.69, 9.17) is 9.15 Å². The molecule has 11 heteroatoms. The number of hydrogen-bond acceptors (Lipinski definition) is 5. The molecule has 4 aromatic rings. The van der Waals surface area contributed by atoms with Crippen LogP contribution in [0.25, 0.3) is 11.0 Å². The lowest BCUT2D eigenvalue weighted by Gasteiger charge is -2.11. The SMILES string of the molecule is COc1ccccc1C(=O)NCC(=O)Nc1nc2cc(C(F)(F)F)ccc2n1Cc1ccco1. The summed E-state index contributed by atoms with van der Waals surface area (Å²) in [5.41, 5.74) is -0.181. The third kappa shape index (κ3) is 4.87. The maximum absolute atomic E-state index is 13.1. The number of carbonyl (C=O) groups excluding carboxylic acids is 2. The van der Waals surface area contributed by atoms with Gasteiger partial charge in [-0.05, 0) is 42.5 Å². The van der Waals surface area contributed by atoms with Gasteiger partial charge >= 0.3 is 6.18 Å². The molecule has 0 aliphatic rings. The number of benzene rings is 2. The number of para-hydroxylation sites is 1. The lowest BCUT2D eigenvalue weighted by atomic mass is 10.2. The minimum absolute atomic E-state index is 0.0160. The Morgan fingerprint density at radius 1 is 1.12 bits per heavy atom. The van der Waals surface area contributed by atoms with Crippen molar-refractivity contribution in [1.82, 2.24) is 14.9 Å². The van der Waals surface area contributed by atoms with Gasteiger partial charge in [0.05, 0.1) is 48.6 Å². The van der Waals surface area contributed by atoms with Crippen LogP contribution in [0.15, 0.2) is 65.3 Å². The maximum atomic E-state index is 13.1. The highest BCUT2D eigenvalue weighted by Crippen LogP contribution is 2.32. The molecule has 34 heavy (non-hydrogen) atoms. The molecule has 0 bridgehead atoms. The van der Waals surface area contributed by atoms with Crippen molar-refractivity contribution in [1.29, 1.82) is 0 Å². The largest absolute Gasteiger partial charge is 0.496 e. The van der Waals surface area contributed by atoms with Crippen molar-refractivity contribution in [3.05, 3.63) is 77.7 Å². The van der Waals surface area contributed by atoms with Gasteiger partial charge in [0.15, 0.2) is 0 Å². The Kier molecular flexibility index (Phi) is 6.26. The van der Waals surface area contributed by atoms with Gasteiger partial charge in [-0.3, -0.25) is 14.9 Å². The normalized spacial score (nSPS) is 11.4. The van der Waals surface area contributed by atoms with E-state index in [1.807, 2.05) is 0 Å². The van der Waals surface area contributed by atoms with Crippen LogP contribution in [-0.4, -0.2) is 35.0 Å². The molecular formula is C23H19F3N4O4. The summed E-state index contributed by atoms with van der Waals surface area (Å²) in [5.74, 6) is -0.260. The first-order chi connectivity index (χ1) is 16.3. The zero-order valence-electron chi connectivity index (χ0n) is 17.8. The van der Waals surface area contributed by atoms with Gasteiger partial charge in [-0.25, -0.2) is 4.98 Å². The molecule has 0 atom stereocenters. The number of anilines is 1. The number of imidazole rings is 1. The Morgan fingerprint density at radius 3 is 2.62 bits per heavy atom. The van der Waals surface area contributed by atoms with E-state index in [9.17, 15) is 22.8 Å². The van der Waals surface area contributed by atoms with E-state index in [-0.39, 0.29) is 23.6 Å². The molecule has 0 fully saturated rings. The predicted octanol–water partition coefficient (Wildman–Crippen LogP) is 4.07. The van der Waals surface area contributed by atoms with Crippen LogP contribution in [0.2, 0.25) is 0 Å². The predicted molar refractivity (Wildman–Crippen MR) is 117 cm³/mol. The van der Waals surface area contributed by atoms with Crippen molar-refractivity contribution in [2.24, 2.45) is 0 Å². The van der Waals surface area contributed by atoms with Crippen molar-refractivity contribution >= 4 is 28.8 Å². The van der Waals surface area contributed by atoms with Gasteiger partial charge in [0.25, 0.3) is 5.91 Å². The lowest BCUT2D eigenvalue weighted by Crippen LogP contribution is -2.33. The molecule has 2 aromatic heterocycles. The van der Waals surface area contributed by atoms with E-state index in [0.717, 1.165) is 12.1 Å². The second kappa shape index (κ2) is 9.30. The number of hydrogen-bond donors (Lipinski definition) is 2. The number of carbonyl (C=O) groups is 2. The molecule has 2 N–H and O–H groups in total. The molecule has 2 heterocycles. The van der Waals surface area contributed by atoms with Gasteiger partial charge in [0, 0.05) is 0 Å². The average Bonchev–Trinajstić information content (AvgIpc) is 3.45. The Labute approximate surface area is 191 Å². The van der Waals surface area contributed by atoms with Crippen LogP contribution in [0.4, 0.5) is 19.1 Å². The Balaban J connectivity index is 1.56. The summed E-state index contributed by atoms with van der Waals surface area (Å²) < 4.78 is 51.4. The number of aromatic nitrogens is 2.